The first kappa shape index (κ1) is 26.0. The third kappa shape index (κ3) is 7.71. The minimum atomic E-state index is -0.626. The molecule has 35 heavy (non-hydrogen) atoms. The lowest BCUT2D eigenvalue weighted by Gasteiger charge is -2.32. The Hall–Kier alpha value is -3.60. The summed E-state index contributed by atoms with van der Waals surface area (Å²) in [6, 6.07) is 24.9. The molecule has 0 bridgehead atoms. The summed E-state index contributed by atoms with van der Waals surface area (Å²) in [6.07, 6.45) is 1.47. The highest BCUT2D eigenvalue weighted by molar-refractivity contribution is 5.89. The molecule has 0 aliphatic rings. The van der Waals surface area contributed by atoms with E-state index in [0.29, 0.717) is 13.0 Å². The molecule has 5 nitrogen and oxygen atoms in total. The molecule has 0 spiro atoms. The molecule has 0 radical (unpaired) electrons. The zero-order chi connectivity index (χ0) is 25.2. The van der Waals surface area contributed by atoms with Crippen LogP contribution >= 0.6 is 0 Å². The van der Waals surface area contributed by atoms with Crippen molar-refractivity contribution in [3.8, 4) is 5.75 Å². The lowest BCUT2D eigenvalue weighted by molar-refractivity contribution is -0.141. The fourth-order valence-electron chi connectivity index (χ4n) is 3.90. The molecule has 0 heterocycles. The maximum Gasteiger partial charge on any atom is 0.243 e. The summed E-state index contributed by atoms with van der Waals surface area (Å²) in [5.74, 6) is 0.530. The molecule has 0 unspecified atom stereocenters. The van der Waals surface area contributed by atoms with Gasteiger partial charge in [-0.1, -0.05) is 79.2 Å². The Balaban J connectivity index is 1.94. The molecule has 0 saturated heterocycles. The number of hydrogen-bond acceptors (Lipinski definition) is 3. The van der Waals surface area contributed by atoms with Gasteiger partial charge in [-0.25, -0.2) is 0 Å². The van der Waals surface area contributed by atoms with Crippen molar-refractivity contribution in [3.05, 3.63) is 101 Å². The normalized spacial score (nSPS) is 12.5. The number of amides is 2. The van der Waals surface area contributed by atoms with E-state index in [9.17, 15) is 9.59 Å². The highest BCUT2D eigenvalue weighted by Gasteiger charge is 2.31. The minimum absolute atomic E-state index is 0.0266. The van der Waals surface area contributed by atoms with Crippen molar-refractivity contribution < 1.29 is 14.3 Å². The summed E-state index contributed by atoms with van der Waals surface area (Å²) < 4.78 is 5.25. The van der Waals surface area contributed by atoms with Gasteiger partial charge in [-0.2, -0.15) is 0 Å². The van der Waals surface area contributed by atoms with Crippen molar-refractivity contribution in [1.82, 2.24) is 10.2 Å². The van der Waals surface area contributed by atoms with Gasteiger partial charge >= 0.3 is 0 Å². The van der Waals surface area contributed by atoms with Crippen LogP contribution in [0.25, 0.3) is 0 Å². The number of aryl methyl sites for hydroxylation is 1. The van der Waals surface area contributed by atoms with E-state index >= 15 is 0 Å². The van der Waals surface area contributed by atoms with Crippen LogP contribution in [0.1, 0.15) is 42.5 Å². The standard InChI is InChI=1S/C30H36N2O3/c1-5-23(3)31-30(34)28(19-24-9-7-6-8-10-24)32(21-26-13-11-22(2)12-14-26)29(33)20-25-15-17-27(35-4)18-16-25/h6-18,23,28H,5,19-21H2,1-4H3,(H,31,34)/t23-,28-/m1/s1. The monoisotopic (exact) mass is 472 g/mol. The van der Waals surface area contributed by atoms with Gasteiger partial charge in [0.1, 0.15) is 11.8 Å². The van der Waals surface area contributed by atoms with Crippen molar-refractivity contribution >= 4 is 11.8 Å². The maximum atomic E-state index is 13.7. The number of ether oxygens (including phenoxy) is 1. The SMILES string of the molecule is CC[C@@H](C)NC(=O)[C@@H](Cc1ccccc1)N(Cc1ccc(C)cc1)C(=O)Cc1ccc(OC)cc1. The quantitative estimate of drug-likeness (QED) is 0.422. The van der Waals surface area contributed by atoms with Crippen LogP contribution in [0.2, 0.25) is 0 Å². The Bertz CT molecular complexity index is 1080. The van der Waals surface area contributed by atoms with E-state index in [4.69, 9.17) is 4.74 Å². The van der Waals surface area contributed by atoms with Crippen molar-refractivity contribution in [2.75, 3.05) is 7.11 Å². The number of carbonyl (C=O) groups excluding carboxylic acids is 2. The van der Waals surface area contributed by atoms with Gasteiger partial charge in [0, 0.05) is 19.0 Å². The first-order valence-electron chi connectivity index (χ1n) is 12.2. The molecule has 5 heteroatoms. The third-order valence-electron chi connectivity index (χ3n) is 6.26. The van der Waals surface area contributed by atoms with Crippen molar-refractivity contribution in [2.45, 2.75) is 58.7 Å². The average Bonchev–Trinajstić information content (AvgIpc) is 2.88. The second kappa shape index (κ2) is 12.7. The van der Waals surface area contributed by atoms with Gasteiger partial charge in [-0.05, 0) is 49.1 Å². The third-order valence-corrected chi connectivity index (χ3v) is 6.26. The highest BCUT2D eigenvalue weighted by Crippen LogP contribution is 2.18. The largest absolute Gasteiger partial charge is 0.497 e. The first-order chi connectivity index (χ1) is 16.9. The van der Waals surface area contributed by atoms with Gasteiger partial charge in [0.15, 0.2) is 0 Å². The van der Waals surface area contributed by atoms with Crippen LogP contribution in [-0.4, -0.2) is 35.9 Å². The van der Waals surface area contributed by atoms with E-state index in [1.165, 1.54) is 0 Å². The number of methoxy groups -OCH3 is 1. The molecular formula is C30H36N2O3. The second-order valence-corrected chi connectivity index (χ2v) is 9.06. The number of nitrogens with zero attached hydrogens (tertiary/aromatic N) is 1. The summed E-state index contributed by atoms with van der Waals surface area (Å²) >= 11 is 0. The molecule has 0 aliphatic carbocycles. The molecule has 3 aromatic carbocycles. The zero-order valence-electron chi connectivity index (χ0n) is 21.2. The van der Waals surface area contributed by atoms with Crippen LogP contribution in [0.3, 0.4) is 0 Å². The van der Waals surface area contributed by atoms with Crippen LogP contribution in [0.4, 0.5) is 0 Å². The van der Waals surface area contributed by atoms with Gasteiger partial charge in [0.25, 0.3) is 0 Å². The zero-order valence-corrected chi connectivity index (χ0v) is 21.2. The predicted molar refractivity (Wildman–Crippen MR) is 140 cm³/mol. The summed E-state index contributed by atoms with van der Waals surface area (Å²) in [6.45, 7) is 6.42. The fraction of sp³-hybridized carbons (Fsp3) is 0.333. The van der Waals surface area contributed by atoms with Gasteiger partial charge in [0.05, 0.1) is 13.5 Å². The van der Waals surface area contributed by atoms with Gasteiger partial charge in [-0.15, -0.1) is 0 Å². The Morgan fingerprint density at radius 2 is 1.51 bits per heavy atom. The average molecular weight is 473 g/mol. The van der Waals surface area contributed by atoms with Gasteiger partial charge in [-0.3, -0.25) is 9.59 Å². The number of hydrogen-bond donors (Lipinski definition) is 1. The van der Waals surface area contributed by atoms with E-state index in [1.54, 1.807) is 12.0 Å². The Morgan fingerprint density at radius 1 is 0.886 bits per heavy atom. The second-order valence-electron chi connectivity index (χ2n) is 9.06. The Morgan fingerprint density at radius 3 is 2.11 bits per heavy atom. The molecule has 3 aromatic rings. The molecule has 1 N–H and O–H groups in total. The molecule has 0 fully saturated rings. The Kier molecular flexibility index (Phi) is 9.47. The molecular weight excluding hydrogens is 436 g/mol. The van der Waals surface area contributed by atoms with Gasteiger partial charge in [0.2, 0.25) is 11.8 Å². The maximum absolute atomic E-state index is 13.7. The molecule has 3 rings (SSSR count). The van der Waals surface area contributed by atoms with Crippen LogP contribution in [0.5, 0.6) is 5.75 Å². The number of benzene rings is 3. The van der Waals surface area contributed by atoms with Crippen molar-refractivity contribution in [2.24, 2.45) is 0 Å². The van der Waals surface area contributed by atoms with E-state index in [2.05, 4.69) is 5.32 Å². The smallest absolute Gasteiger partial charge is 0.243 e. The topological polar surface area (TPSA) is 58.6 Å². The summed E-state index contributed by atoms with van der Waals surface area (Å²) in [5, 5.41) is 3.11. The first-order valence-corrected chi connectivity index (χ1v) is 12.2. The summed E-state index contributed by atoms with van der Waals surface area (Å²) in [5.41, 5.74) is 4.04. The number of carbonyl (C=O) groups is 2. The lowest BCUT2D eigenvalue weighted by atomic mass is 10.0. The summed E-state index contributed by atoms with van der Waals surface area (Å²) in [4.78, 5) is 29.0. The van der Waals surface area contributed by atoms with Crippen LogP contribution < -0.4 is 10.1 Å². The molecule has 0 aliphatic heterocycles. The molecule has 0 aromatic heterocycles. The molecule has 0 saturated carbocycles. The number of nitrogens with one attached hydrogen (secondary N) is 1. The summed E-state index contributed by atoms with van der Waals surface area (Å²) in [7, 11) is 1.62. The minimum Gasteiger partial charge on any atom is -0.497 e. The van der Waals surface area contributed by atoms with Crippen molar-refractivity contribution in [1.29, 1.82) is 0 Å². The van der Waals surface area contributed by atoms with Crippen LogP contribution in [0, 0.1) is 6.92 Å². The van der Waals surface area contributed by atoms with Crippen molar-refractivity contribution in [3.63, 3.8) is 0 Å². The fourth-order valence-corrected chi connectivity index (χ4v) is 3.90. The van der Waals surface area contributed by atoms with Crippen LogP contribution in [-0.2, 0) is 29.0 Å². The molecule has 184 valence electrons. The molecule has 2 atom stereocenters. The van der Waals surface area contributed by atoms with E-state index in [0.717, 1.165) is 34.4 Å². The molecule has 2 amide bonds. The highest BCUT2D eigenvalue weighted by atomic mass is 16.5. The van der Waals surface area contributed by atoms with E-state index in [-0.39, 0.29) is 24.3 Å². The van der Waals surface area contributed by atoms with E-state index in [1.807, 2.05) is 99.6 Å². The predicted octanol–water partition coefficient (Wildman–Crippen LogP) is 5.10. The van der Waals surface area contributed by atoms with Gasteiger partial charge < -0.3 is 15.0 Å². The lowest BCUT2D eigenvalue weighted by Crippen LogP contribution is -2.52. The Labute approximate surface area is 209 Å². The van der Waals surface area contributed by atoms with Crippen LogP contribution in [0.15, 0.2) is 78.9 Å². The number of rotatable bonds is 11. The van der Waals surface area contributed by atoms with E-state index < -0.39 is 6.04 Å².